The summed E-state index contributed by atoms with van der Waals surface area (Å²) >= 11 is 0. The van der Waals surface area contributed by atoms with Crippen LogP contribution in [0.5, 0.6) is 0 Å². The molecule has 1 aliphatic rings. The van der Waals surface area contributed by atoms with E-state index in [1.807, 2.05) is 0 Å². The zero-order valence-electron chi connectivity index (χ0n) is 9.77. The second-order valence-corrected chi connectivity index (χ2v) is 4.59. The average molecular weight is 264 g/mol. The Morgan fingerprint density at radius 3 is 2.47 bits per heavy atom. The van der Waals surface area contributed by atoms with E-state index in [2.05, 4.69) is 0 Å². The van der Waals surface area contributed by atoms with Crippen molar-refractivity contribution in [1.29, 1.82) is 0 Å². The highest BCUT2D eigenvalue weighted by atomic mass is 19.1. The Labute approximate surface area is 107 Å². The number of benzene rings is 1. The first kappa shape index (κ1) is 11.9. The molecule has 0 saturated heterocycles. The van der Waals surface area contributed by atoms with Crippen molar-refractivity contribution in [2.45, 2.75) is 12.3 Å². The lowest BCUT2D eigenvalue weighted by Crippen LogP contribution is -1.98. The number of carbonyl (C=O) groups is 1. The molecule has 1 heterocycles. The van der Waals surface area contributed by atoms with Crippen LogP contribution in [0.25, 0.3) is 11.3 Å². The van der Waals surface area contributed by atoms with E-state index in [4.69, 9.17) is 9.52 Å². The summed E-state index contributed by atoms with van der Waals surface area (Å²) in [4.78, 5) is 10.8. The molecule has 98 valence electrons. The van der Waals surface area contributed by atoms with Gasteiger partial charge in [0.1, 0.15) is 23.2 Å². The fraction of sp³-hybridized carbons (Fsp3) is 0.214. The van der Waals surface area contributed by atoms with Crippen molar-refractivity contribution in [3.8, 4) is 11.3 Å². The molecule has 1 fully saturated rings. The molecular weight excluding hydrogens is 254 g/mol. The Morgan fingerprint density at radius 1 is 1.21 bits per heavy atom. The van der Waals surface area contributed by atoms with Gasteiger partial charge in [0, 0.05) is 5.92 Å². The molecule has 5 heteroatoms. The summed E-state index contributed by atoms with van der Waals surface area (Å²) in [6.07, 6.45) is 0.502. The van der Waals surface area contributed by atoms with Gasteiger partial charge in [-0.3, -0.25) is 4.79 Å². The fourth-order valence-electron chi connectivity index (χ4n) is 2.20. The van der Waals surface area contributed by atoms with Gasteiger partial charge < -0.3 is 9.52 Å². The van der Waals surface area contributed by atoms with Crippen molar-refractivity contribution >= 4 is 5.97 Å². The van der Waals surface area contributed by atoms with Crippen LogP contribution < -0.4 is 0 Å². The minimum Gasteiger partial charge on any atom is -0.481 e. The molecule has 0 radical (unpaired) electrons. The Morgan fingerprint density at radius 2 is 1.89 bits per heavy atom. The summed E-state index contributed by atoms with van der Waals surface area (Å²) in [5, 5.41) is 8.84. The van der Waals surface area contributed by atoms with Crippen LogP contribution in [0.3, 0.4) is 0 Å². The number of aliphatic carboxylic acids is 1. The van der Waals surface area contributed by atoms with Crippen molar-refractivity contribution < 1.29 is 23.1 Å². The van der Waals surface area contributed by atoms with Gasteiger partial charge in [-0.2, -0.15) is 0 Å². The van der Waals surface area contributed by atoms with Gasteiger partial charge in [0.05, 0.1) is 11.5 Å². The van der Waals surface area contributed by atoms with E-state index in [0.717, 1.165) is 12.1 Å². The molecule has 2 atom stereocenters. The number of hydrogen-bond acceptors (Lipinski definition) is 2. The average Bonchev–Trinajstić information content (AvgIpc) is 3.02. The Hall–Kier alpha value is -2.17. The molecule has 3 rings (SSSR count). The van der Waals surface area contributed by atoms with E-state index >= 15 is 0 Å². The second kappa shape index (κ2) is 4.19. The van der Waals surface area contributed by atoms with Gasteiger partial charge >= 0.3 is 5.97 Å². The van der Waals surface area contributed by atoms with Crippen molar-refractivity contribution in [2.75, 3.05) is 0 Å². The number of furan rings is 1. The molecule has 0 aliphatic heterocycles. The predicted octanol–water partition coefficient (Wildman–Crippen LogP) is 3.41. The number of rotatable bonds is 3. The van der Waals surface area contributed by atoms with E-state index in [1.165, 1.54) is 12.1 Å². The Kier molecular flexibility index (Phi) is 2.62. The minimum absolute atomic E-state index is 0.0849. The third-order valence-corrected chi connectivity index (χ3v) is 3.31. The summed E-state index contributed by atoms with van der Waals surface area (Å²) < 4.78 is 32.5. The van der Waals surface area contributed by atoms with Crippen molar-refractivity contribution in [3.63, 3.8) is 0 Å². The molecular formula is C14H10F2O3. The van der Waals surface area contributed by atoms with E-state index in [0.29, 0.717) is 12.2 Å². The summed E-state index contributed by atoms with van der Waals surface area (Å²) in [6.45, 7) is 0. The zero-order valence-corrected chi connectivity index (χ0v) is 9.77. The summed E-state index contributed by atoms with van der Waals surface area (Å²) in [7, 11) is 0. The number of halogens is 2. The number of hydrogen-bond donors (Lipinski definition) is 1. The predicted molar refractivity (Wildman–Crippen MR) is 62.5 cm³/mol. The summed E-state index contributed by atoms with van der Waals surface area (Å²) in [6, 6.07) is 6.62. The van der Waals surface area contributed by atoms with E-state index < -0.39 is 23.5 Å². The van der Waals surface area contributed by atoms with Crippen LogP contribution in [0, 0.1) is 17.6 Å². The van der Waals surface area contributed by atoms with E-state index in [1.54, 1.807) is 6.07 Å². The van der Waals surface area contributed by atoms with Gasteiger partial charge in [-0.15, -0.1) is 0 Å². The highest BCUT2D eigenvalue weighted by Crippen LogP contribution is 2.48. The van der Waals surface area contributed by atoms with Gasteiger partial charge in [-0.1, -0.05) is 6.07 Å². The van der Waals surface area contributed by atoms with Gasteiger partial charge in [0.25, 0.3) is 0 Å². The molecule has 2 aromatic rings. The van der Waals surface area contributed by atoms with Crippen LogP contribution >= 0.6 is 0 Å². The lowest BCUT2D eigenvalue weighted by Gasteiger charge is -2.01. The van der Waals surface area contributed by atoms with Crippen LogP contribution in [-0.2, 0) is 4.79 Å². The van der Waals surface area contributed by atoms with Crippen LogP contribution in [0.2, 0.25) is 0 Å². The minimum atomic E-state index is -0.875. The Bertz CT molecular complexity index is 628. The molecule has 1 N–H and O–H groups in total. The monoisotopic (exact) mass is 264 g/mol. The topological polar surface area (TPSA) is 50.4 Å². The lowest BCUT2D eigenvalue weighted by molar-refractivity contribution is -0.138. The molecule has 1 aromatic carbocycles. The van der Waals surface area contributed by atoms with Gasteiger partial charge in [-0.05, 0) is 30.7 Å². The molecule has 19 heavy (non-hydrogen) atoms. The maximum atomic E-state index is 13.6. The van der Waals surface area contributed by atoms with E-state index in [9.17, 15) is 13.6 Å². The molecule has 1 aliphatic carbocycles. The number of carboxylic acid groups (broad SMARTS) is 1. The molecule has 1 saturated carbocycles. The standard InChI is InChI=1S/C14H10F2O3/c15-9-2-1-3-10(16)13(9)12-5-4-11(19-12)7-6-8(7)14(17)18/h1-5,7-8H,6H2,(H,17,18)/t7-,8+/m0/s1. The Balaban J connectivity index is 1.92. The van der Waals surface area contributed by atoms with Crippen LogP contribution in [-0.4, -0.2) is 11.1 Å². The van der Waals surface area contributed by atoms with Crippen LogP contribution in [0.1, 0.15) is 18.1 Å². The van der Waals surface area contributed by atoms with Crippen molar-refractivity contribution in [1.82, 2.24) is 0 Å². The maximum Gasteiger partial charge on any atom is 0.307 e. The van der Waals surface area contributed by atoms with E-state index in [-0.39, 0.29) is 17.2 Å². The highest BCUT2D eigenvalue weighted by Gasteiger charge is 2.46. The summed E-state index contributed by atoms with van der Waals surface area (Å²) in [5.74, 6) is -2.38. The maximum absolute atomic E-state index is 13.6. The third-order valence-electron chi connectivity index (χ3n) is 3.31. The van der Waals surface area contributed by atoms with Gasteiger partial charge in [0.15, 0.2) is 0 Å². The first-order chi connectivity index (χ1) is 9.08. The molecule has 0 unspecified atom stereocenters. The summed E-state index contributed by atoms with van der Waals surface area (Å²) in [5.41, 5.74) is -0.221. The van der Waals surface area contributed by atoms with Crippen molar-refractivity contribution in [3.05, 3.63) is 47.7 Å². The highest BCUT2D eigenvalue weighted by molar-refractivity contribution is 5.75. The molecule has 3 nitrogen and oxygen atoms in total. The molecule has 0 bridgehead atoms. The smallest absolute Gasteiger partial charge is 0.307 e. The van der Waals surface area contributed by atoms with Gasteiger partial charge in [0.2, 0.25) is 0 Å². The quantitative estimate of drug-likeness (QED) is 0.924. The first-order valence-corrected chi connectivity index (χ1v) is 5.85. The van der Waals surface area contributed by atoms with Gasteiger partial charge in [-0.25, -0.2) is 8.78 Å². The third kappa shape index (κ3) is 2.01. The lowest BCUT2D eigenvalue weighted by atomic mass is 10.1. The number of carboxylic acids is 1. The fourth-order valence-corrected chi connectivity index (χ4v) is 2.20. The van der Waals surface area contributed by atoms with Crippen molar-refractivity contribution in [2.24, 2.45) is 5.92 Å². The van der Waals surface area contributed by atoms with Crippen LogP contribution in [0.4, 0.5) is 8.78 Å². The molecule has 0 amide bonds. The zero-order chi connectivity index (χ0) is 13.6. The van der Waals surface area contributed by atoms with Crippen LogP contribution in [0.15, 0.2) is 34.7 Å². The normalized spacial score (nSPS) is 21.4. The SMILES string of the molecule is O=C(O)[C@@H]1C[C@@H]1c1ccc(-c2c(F)cccc2F)o1. The second-order valence-electron chi connectivity index (χ2n) is 4.59. The molecule has 1 aromatic heterocycles. The molecule has 0 spiro atoms. The first-order valence-electron chi connectivity index (χ1n) is 5.85. The largest absolute Gasteiger partial charge is 0.481 e.